The van der Waals surface area contributed by atoms with Gasteiger partial charge in [-0.2, -0.15) is 4.98 Å². The van der Waals surface area contributed by atoms with Crippen molar-refractivity contribution in [3.05, 3.63) is 58.4 Å². The minimum absolute atomic E-state index is 0.0469. The second-order valence-corrected chi connectivity index (χ2v) is 7.40. The van der Waals surface area contributed by atoms with E-state index >= 15 is 0 Å². The highest BCUT2D eigenvalue weighted by Gasteiger charge is 2.25. The Hall–Kier alpha value is -3.62. The summed E-state index contributed by atoms with van der Waals surface area (Å²) in [6.45, 7) is 4.95. The fraction of sp³-hybridized carbons (Fsp3) is 0.364. The average Bonchev–Trinajstić information content (AvgIpc) is 3.28. The third-order valence-electron chi connectivity index (χ3n) is 5.42. The lowest BCUT2D eigenvalue weighted by molar-refractivity contribution is -0.384. The summed E-state index contributed by atoms with van der Waals surface area (Å²) in [7, 11) is 1.65. The van der Waals surface area contributed by atoms with Crippen LogP contribution in [0.25, 0.3) is 11.5 Å². The van der Waals surface area contributed by atoms with Crippen molar-refractivity contribution in [2.45, 2.75) is 19.8 Å². The van der Waals surface area contributed by atoms with E-state index in [0.29, 0.717) is 42.5 Å². The summed E-state index contributed by atoms with van der Waals surface area (Å²) >= 11 is 0. The normalized spacial score (nSPS) is 14.0. The Morgan fingerprint density at radius 1 is 1.10 bits per heavy atom. The number of methoxy groups -OCH3 is 1. The zero-order chi connectivity index (χ0) is 21.8. The van der Waals surface area contributed by atoms with Gasteiger partial charge in [-0.25, -0.2) is 0 Å². The van der Waals surface area contributed by atoms with E-state index in [1.165, 1.54) is 6.07 Å². The van der Waals surface area contributed by atoms with Crippen LogP contribution in [0.1, 0.15) is 19.2 Å². The Balaban J connectivity index is 1.50. The fourth-order valence-corrected chi connectivity index (χ4v) is 3.77. The number of rotatable bonds is 7. The number of piperazine rings is 1. The number of aromatic nitrogens is 2. The van der Waals surface area contributed by atoms with Crippen LogP contribution in [0.4, 0.5) is 17.1 Å². The molecule has 0 atom stereocenters. The predicted molar refractivity (Wildman–Crippen MR) is 118 cm³/mol. The first-order valence-corrected chi connectivity index (χ1v) is 10.3. The van der Waals surface area contributed by atoms with Crippen molar-refractivity contribution < 1.29 is 14.2 Å². The molecule has 9 nitrogen and oxygen atoms in total. The van der Waals surface area contributed by atoms with Crippen molar-refractivity contribution >= 4 is 17.1 Å². The maximum atomic E-state index is 11.8. The summed E-state index contributed by atoms with van der Waals surface area (Å²) < 4.78 is 10.5. The molecule has 0 N–H and O–H groups in total. The molecule has 2 aromatic carbocycles. The minimum Gasteiger partial charge on any atom is -0.497 e. The van der Waals surface area contributed by atoms with Crippen LogP contribution in [-0.4, -0.2) is 48.4 Å². The van der Waals surface area contributed by atoms with Crippen LogP contribution < -0.4 is 14.5 Å². The summed E-state index contributed by atoms with van der Waals surface area (Å²) in [5.41, 5.74) is 2.33. The molecule has 2 heterocycles. The molecule has 31 heavy (non-hydrogen) atoms. The first-order valence-electron chi connectivity index (χ1n) is 10.3. The van der Waals surface area contributed by atoms with E-state index in [9.17, 15) is 10.1 Å². The van der Waals surface area contributed by atoms with E-state index in [1.54, 1.807) is 19.2 Å². The van der Waals surface area contributed by atoms with E-state index in [2.05, 4.69) is 19.9 Å². The molecule has 3 aromatic rings. The van der Waals surface area contributed by atoms with Gasteiger partial charge >= 0.3 is 0 Å². The summed E-state index contributed by atoms with van der Waals surface area (Å²) in [6, 6.07) is 13.0. The van der Waals surface area contributed by atoms with Gasteiger partial charge in [-0.15, -0.1) is 0 Å². The summed E-state index contributed by atoms with van der Waals surface area (Å²) in [5.74, 6) is 1.74. The monoisotopic (exact) mass is 423 g/mol. The van der Waals surface area contributed by atoms with E-state index in [4.69, 9.17) is 9.26 Å². The molecule has 1 aliphatic heterocycles. The number of nitrogens with zero attached hydrogens (tertiary/aromatic N) is 5. The molecule has 0 radical (unpaired) electrons. The summed E-state index contributed by atoms with van der Waals surface area (Å²) in [4.78, 5) is 20.1. The number of ether oxygens (including phenoxy) is 1. The van der Waals surface area contributed by atoms with Crippen LogP contribution in [-0.2, 0) is 6.42 Å². The number of anilines is 2. The Morgan fingerprint density at radius 3 is 2.45 bits per heavy atom. The number of hydrogen-bond donors (Lipinski definition) is 0. The average molecular weight is 423 g/mol. The van der Waals surface area contributed by atoms with Crippen molar-refractivity contribution in [3.63, 3.8) is 0 Å². The van der Waals surface area contributed by atoms with Crippen LogP contribution in [0.5, 0.6) is 5.75 Å². The molecule has 1 saturated heterocycles. The number of nitro groups is 1. The molecule has 0 saturated carbocycles. The van der Waals surface area contributed by atoms with Gasteiger partial charge in [0, 0.05) is 49.9 Å². The molecule has 0 bridgehead atoms. The van der Waals surface area contributed by atoms with Crippen molar-refractivity contribution in [1.82, 2.24) is 10.1 Å². The molecule has 1 aromatic heterocycles. The minimum atomic E-state index is -0.349. The van der Waals surface area contributed by atoms with Crippen LogP contribution in [0.3, 0.4) is 0 Å². The van der Waals surface area contributed by atoms with E-state index in [0.717, 1.165) is 30.9 Å². The molecule has 0 amide bonds. The maximum absolute atomic E-state index is 11.8. The molecule has 4 rings (SSSR count). The second-order valence-electron chi connectivity index (χ2n) is 7.40. The highest BCUT2D eigenvalue weighted by atomic mass is 16.6. The molecular weight excluding hydrogens is 398 g/mol. The third-order valence-corrected chi connectivity index (χ3v) is 5.42. The molecular formula is C22H25N5O4. The highest BCUT2D eigenvalue weighted by Crippen LogP contribution is 2.34. The van der Waals surface area contributed by atoms with E-state index < -0.39 is 0 Å². The predicted octanol–water partition coefficient (Wildman–Crippen LogP) is 3.93. The van der Waals surface area contributed by atoms with Gasteiger partial charge < -0.3 is 19.1 Å². The van der Waals surface area contributed by atoms with Gasteiger partial charge in [0.25, 0.3) is 11.6 Å². The van der Waals surface area contributed by atoms with Gasteiger partial charge in [-0.1, -0.05) is 12.1 Å². The molecule has 1 aliphatic rings. The van der Waals surface area contributed by atoms with Crippen LogP contribution in [0.2, 0.25) is 0 Å². The van der Waals surface area contributed by atoms with Crippen molar-refractivity contribution in [2.24, 2.45) is 0 Å². The van der Waals surface area contributed by atoms with Gasteiger partial charge in [0.05, 0.1) is 12.0 Å². The van der Waals surface area contributed by atoms with Gasteiger partial charge in [-0.05, 0) is 42.8 Å². The fourth-order valence-electron chi connectivity index (χ4n) is 3.77. The van der Waals surface area contributed by atoms with Crippen LogP contribution >= 0.6 is 0 Å². The van der Waals surface area contributed by atoms with Crippen LogP contribution in [0.15, 0.2) is 47.0 Å². The lowest BCUT2D eigenvalue weighted by atomic mass is 10.1. The van der Waals surface area contributed by atoms with E-state index in [1.807, 2.05) is 31.2 Å². The highest BCUT2D eigenvalue weighted by molar-refractivity contribution is 5.71. The van der Waals surface area contributed by atoms with Crippen molar-refractivity contribution in [2.75, 3.05) is 43.1 Å². The first kappa shape index (κ1) is 20.6. The van der Waals surface area contributed by atoms with Gasteiger partial charge in [0.2, 0.25) is 0 Å². The standard InChI is InChI=1S/C22H25N5O4/c1-3-4-21-23-22(31-24-21)16-5-10-19(20(15-16)27(28)29)26-13-11-25(12-14-26)17-6-8-18(30-2)9-7-17/h5-10,15H,3-4,11-14H2,1-2H3. The zero-order valence-corrected chi connectivity index (χ0v) is 17.7. The quantitative estimate of drug-likeness (QED) is 0.416. The number of aryl methyl sites for hydroxylation is 1. The molecule has 0 aliphatic carbocycles. The molecule has 1 fully saturated rings. The SMILES string of the molecule is CCCc1noc(-c2ccc(N3CCN(c4ccc(OC)cc4)CC3)c([N+](=O)[O-])c2)n1. The number of benzene rings is 2. The Bertz CT molecular complexity index is 1040. The molecule has 162 valence electrons. The molecule has 0 spiro atoms. The van der Waals surface area contributed by atoms with Crippen molar-refractivity contribution in [3.8, 4) is 17.2 Å². The van der Waals surface area contributed by atoms with E-state index in [-0.39, 0.29) is 10.6 Å². The van der Waals surface area contributed by atoms with Gasteiger partial charge in [0.15, 0.2) is 5.82 Å². The number of nitro benzene ring substituents is 1. The molecule has 9 heteroatoms. The van der Waals surface area contributed by atoms with Crippen LogP contribution in [0, 0.1) is 10.1 Å². The van der Waals surface area contributed by atoms with Gasteiger partial charge in [0.1, 0.15) is 11.4 Å². The largest absolute Gasteiger partial charge is 0.497 e. The number of hydrogen-bond acceptors (Lipinski definition) is 8. The topological polar surface area (TPSA) is 97.8 Å². The second kappa shape index (κ2) is 9.03. The Morgan fingerprint density at radius 2 is 1.81 bits per heavy atom. The maximum Gasteiger partial charge on any atom is 0.293 e. The Kier molecular flexibility index (Phi) is 6.01. The van der Waals surface area contributed by atoms with Gasteiger partial charge in [-0.3, -0.25) is 10.1 Å². The lowest BCUT2D eigenvalue weighted by Crippen LogP contribution is -2.46. The zero-order valence-electron chi connectivity index (χ0n) is 17.7. The molecule has 0 unspecified atom stereocenters. The summed E-state index contributed by atoms with van der Waals surface area (Å²) in [6.07, 6.45) is 1.61. The Labute approximate surface area is 180 Å². The smallest absolute Gasteiger partial charge is 0.293 e. The summed E-state index contributed by atoms with van der Waals surface area (Å²) in [5, 5.41) is 15.7. The lowest BCUT2D eigenvalue weighted by Gasteiger charge is -2.37. The van der Waals surface area contributed by atoms with Crippen molar-refractivity contribution in [1.29, 1.82) is 0 Å². The third kappa shape index (κ3) is 4.45. The first-order chi connectivity index (χ1) is 15.1.